The highest BCUT2D eigenvalue weighted by molar-refractivity contribution is 6.31. The number of hydrazine groups is 1. The van der Waals surface area contributed by atoms with Crippen molar-refractivity contribution < 1.29 is 8.78 Å². The first kappa shape index (κ1) is 13.9. The van der Waals surface area contributed by atoms with Gasteiger partial charge in [-0.15, -0.1) is 0 Å². The highest BCUT2D eigenvalue weighted by Crippen LogP contribution is 2.26. The largest absolute Gasteiger partial charge is 0.271 e. The summed E-state index contributed by atoms with van der Waals surface area (Å²) in [7, 11) is 0. The van der Waals surface area contributed by atoms with E-state index in [1.165, 1.54) is 0 Å². The molecule has 0 aliphatic rings. The Morgan fingerprint density at radius 3 is 2.58 bits per heavy atom. The smallest absolute Gasteiger partial charge is 0.126 e. The second-order valence-electron chi connectivity index (χ2n) is 4.18. The number of rotatable bonds is 4. The topological polar surface area (TPSA) is 38.0 Å². The minimum absolute atomic E-state index is 0.212. The van der Waals surface area contributed by atoms with E-state index < -0.39 is 11.6 Å². The molecule has 0 spiro atoms. The molecule has 2 aromatic rings. The summed E-state index contributed by atoms with van der Waals surface area (Å²) >= 11 is 6.07. The van der Waals surface area contributed by atoms with E-state index in [4.69, 9.17) is 17.4 Å². The van der Waals surface area contributed by atoms with E-state index in [0.717, 1.165) is 23.8 Å². The first-order chi connectivity index (χ1) is 9.11. The summed E-state index contributed by atoms with van der Waals surface area (Å²) in [4.78, 5) is 0. The molecule has 0 aliphatic heterocycles. The molecule has 1 atom stereocenters. The molecule has 2 nitrogen and oxygen atoms in total. The van der Waals surface area contributed by atoms with E-state index in [1.807, 2.05) is 6.07 Å². The predicted octanol–water partition coefficient (Wildman–Crippen LogP) is 3.37. The average Bonchev–Trinajstić information content (AvgIpc) is 2.41. The first-order valence-corrected chi connectivity index (χ1v) is 6.14. The number of halogens is 3. The Hall–Kier alpha value is -1.49. The van der Waals surface area contributed by atoms with Crippen LogP contribution in [0.15, 0.2) is 42.5 Å². The molecule has 0 saturated carbocycles. The number of benzene rings is 2. The maximum Gasteiger partial charge on any atom is 0.126 e. The summed E-state index contributed by atoms with van der Waals surface area (Å²) in [5.41, 5.74) is 3.58. The van der Waals surface area contributed by atoms with Crippen molar-refractivity contribution in [3.05, 3.63) is 70.2 Å². The van der Waals surface area contributed by atoms with Gasteiger partial charge in [-0.3, -0.25) is 11.3 Å². The van der Waals surface area contributed by atoms with Crippen LogP contribution < -0.4 is 11.3 Å². The lowest BCUT2D eigenvalue weighted by Gasteiger charge is -2.18. The molecule has 0 fully saturated rings. The molecule has 2 rings (SSSR count). The van der Waals surface area contributed by atoms with E-state index in [0.29, 0.717) is 5.02 Å². The van der Waals surface area contributed by atoms with Crippen molar-refractivity contribution in [1.82, 2.24) is 5.43 Å². The second-order valence-corrected chi connectivity index (χ2v) is 4.59. The standard InChI is InChI=1S/C14H13ClF2N2/c15-12-4-2-1-3-11(12)14(19-18)8-9-7-10(16)5-6-13(9)17/h1-7,14,19H,8,18H2. The molecule has 0 amide bonds. The fourth-order valence-electron chi connectivity index (χ4n) is 1.94. The van der Waals surface area contributed by atoms with Crippen LogP contribution in [0.25, 0.3) is 0 Å². The van der Waals surface area contributed by atoms with E-state index in [1.54, 1.807) is 18.2 Å². The molecular weight excluding hydrogens is 270 g/mol. The Morgan fingerprint density at radius 2 is 1.89 bits per heavy atom. The van der Waals surface area contributed by atoms with Crippen LogP contribution in [0, 0.1) is 11.6 Å². The van der Waals surface area contributed by atoms with Crippen molar-refractivity contribution in [3.8, 4) is 0 Å². The monoisotopic (exact) mass is 282 g/mol. The van der Waals surface area contributed by atoms with E-state index in [2.05, 4.69) is 5.43 Å². The molecule has 19 heavy (non-hydrogen) atoms. The van der Waals surface area contributed by atoms with Crippen LogP contribution in [0.5, 0.6) is 0 Å². The van der Waals surface area contributed by atoms with E-state index >= 15 is 0 Å². The number of hydrogen-bond acceptors (Lipinski definition) is 2. The highest BCUT2D eigenvalue weighted by Gasteiger charge is 2.16. The van der Waals surface area contributed by atoms with Crippen LogP contribution in [-0.2, 0) is 6.42 Å². The summed E-state index contributed by atoms with van der Waals surface area (Å²) in [5, 5.41) is 0.530. The predicted molar refractivity (Wildman–Crippen MR) is 71.6 cm³/mol. The zero-order chi connectivity index (χ0) is 13.8. The number of hydrogen-bond donors (Lipinski definition) is 2. The molecule has 2 aromatic carbocycles. The molecule has 0 aliphatic carbocycles. The normalized spacial score (nSPS) is 12.4. The van der Waals surface area contributed by atoms with Crippen LogP contribution in [0.4, 0.5) is 8.78 Å². The zero-order valence-corrected chi connectivity index (χ0v) is 10.8. The lowest BCUT2D eigenvalue weighted by atomic mass is 9.99. The Bertz CT molecular complexity index is 575. The number of nitrogens with two attached hydrogens (primary N) is 1. The van der Waals surface area contributed by atoms with E-state index in [9.17, 15) is 8.78 Å². The summed E-state index contributed by atoms with van der Waals surface area (Å²) in [6.07, 6.45) is 0.212. The summed E-state index contributed by atoms with van der Waals surface area (Å²) < 4.78 is 26.8. The third-order valence-electron chi connectivity index (χ3n) is 2.91. The van der Waals surface area contributed by atoms with E-state index in [-0.39, 0.29) is 18.0 Å². The van der Waals surface area contributed by atoms with Crippen molar-refractivity contribution in [2.75, 3.05) is 0 Å². The Morgan fingerprint density at radius 1 is 1.16 bits per heavy atom. The Labute approximate surface area is 115 Å². The molecule has 0 aromatic heterocycles. The van der Waals surface area contributed by atoms with Gasteiger partial charge in [-0.05, 0) is 41.8 Å². The first-order valence-electron chi connectivity index (χ1n) is 5.76. The second kappa shape index (κ2) is 6.10. The molecule has 1 unspecified atom stereocenters. The van der Waals surface area contributed by atoms with Crippen molar-refractivity contribution >= 4 is 11.6 Å². The maximum atomic E-state index is 13.6. The minimum atomic E-state index is -0.480. The SMILES string of the molecule is NNC(Cc1cc(F)ccc1F)c1ccccc1Cl. The van der Waals surface area contributed by atoms with Crippen LogP contribution in [0.3, 0.4) is 0 Å². The van der Waals surface area contributed by atoms with Crippen LogP contribution in [-0.4, -0.2) is 0 Å². The van der Waals surface area contributed by atoms with Gasteiger partial charge in [-0.1, -0.05) is 29.8 Å². The molecule has 0 radical (unpaired) electrons. The van der Waals surface area contributed by atoms with Gasteiger partial charge >= 0.3 is 0 Å². The maximum absolute atomic E-state index is 13.6. The molecule has 3 N–H and O–H groups in total. The van der Waals surface area contributed by atoms with Gasteiger partial charge in [0.1, 0.15) is 11.6 Å². The fraction of sp³-hybridized carbons (Fsp3) is 0.143. The van der Waals surface area contributed by atoms with Crippen LogP contribution in [0.2, 0.25) is 5.02 Å². The quantitative estimate of drug-likeness (QED) is 0.666. The van der Waals surface area contributed by atoms with Gasteiger partial charge in [0.25, 0.3) is 0 Å². The van der Waals surface area contributed by atoms with Crippen molar-refractivity contribution in [1.29, 1.82) is 0 Å². The van der Waals surface area contributed by atoms with Gasteiger partial charge in [-0.25, -0.2) is 8.78 Å². The van der Waals surface area contributed by atoms with Gasteiger partial charge in [0.15, 0.2) is 0 Å². The third kappa shape index (κ3) is 3.29. The number of nitrogens with one attached hydrogen (secondary N) is 1. The van der Waals surface area contributed by atoms with Crippen LogP contribution in [0.1, 0.15) is 17.2 Å². The summed E-state index contributed by atoms with van der Waals surface area (Å²) in [6.45, 7) is 0. The molecule has 0 bridgehead atoms. The van der Waals surface area contributed by atoms with Gasteiger partial charge < -0.3 is 0 Å². The molecule has 0 heterocycles. The zero-order valence-electron chi connectivity index (χ0n) is 10.0. The van der Waals surface area contributed by atoms with Gasteiger partial charge in [0.05, 0.1) is 6.04 Å². The average molecular weight is 283 g/mol. The molecule has 100 valence electrons. The summed E-state index contributed by atoms with van der Waals surface area (Å²) in [5.74, 6) is 4.54. The van der Waals surface area contributed by atoms with Crippen molar-refractivity contribution in [3.63, 3.8) is 0 Å². The lowest BCUT2D eigenvalue weighted by Crippen LogP contribution is -2.30. The third-order valence-corrected chi connectivity index (χ3v) is 3.26. The Balaban J connectivity index is 2.29. The van der Waals surface area contributed by atoms with Gasteiger partial charge in [-0.2, -0.15) is 0 Å². The van der Waals surface area contributed by atoms with Gasteiger partial charge in [0.2, 0.25) is 0 Å². The van der Waals surface area contributed by atoms with Crippen LogP contribution >= 0.6 is 11.6 Å². The molecule has 0 saturated heterocycles. The van der Waals surface area contributed by atoms with Gasteiger partial charge in [0, 0.05) is 5.02 Å². The fourth-order valence-corrected chi connectivity index (χ4v) is 2.20. The lowest BCUT2D eigenvalue weighted by molar-refractivity contribution is 0.523. The van der Waals surface area contributed by atoms with Crippen molar-refractivity contribution in [2.24, 2.45) is 5.84 Å². The minimum Gasteiger partial charge on any atom is -0.271 e. The molecular formula is C14H13ClF2N2. The Kier molecular flexibility index (Phi) is 4.47. The summed E-state index contributed by atoms with van der Waals surface area (Å²) in [6, 6.07) is 10.1. The highest BCUT2D eigenvalue weighted by atomic mass is 35.5. The van der Waals surface area contributed by atoms with Crippen molar-refractivity contribution in [2.45, 2.75) is 12.5 Å². The molecule has 5 heteroatoms.